The zero-order chi connectivity index (χ0) is 14.9. The van der Waals surface area contributed by atoms with Gasteiger partial charge in [-0.25, -0.2) is 0 Å². The van der Waals surface area contributed by atoms with Crippen molar-refractivity contribution in [3.8, 4) is 0 Å². The first-order valence-corrected chi connectivity index (χ1v) is 7.66. The number of hydrogen-bond acceptors (Lipinski definition) is 3. The average Bonchev–Trinajstić information content (AvgIpc) is 2.94. The minimum Gasteiger partial charge on any atom is -0.462 e. The maximum absolute atomic E-state index is 5.71. The molecule has 0 aliphatic heterocycles. The van der Waals surface area contributed by atoms with Crippen LogP contribution < -0.4 is 5.32 Å². The SMILES string of the molecule is CC(C)NCc1ccc(COCCCc2ccccc2)o1. The normalized spacial score (nSPS) is 11.2. The van der Waals surface area contributed by atoms with Crippen LogP contribution in [0.15, 0.2) is 46.9 Å². The molecule has 114 valence electrons. The van der Waals surface area contributed by atoms with Gasteiger partial charge in [0.05, 0.1) is 6.54 Å². The molecule has 21 heavy (non-hydrogen) atoms. The number of hydrogen-bond donors (Lipinski definition) is 1. The minimum absolute atomic E-state index is 0.466. The van der Waals surface area contributed by atoms with Crippen molar-refractivity contribution in [2.24, 2.45) is 0 Å². The molecule has 2 rings (SSSR count). The van der Waals surface area contributed by atoms with Crippen LogP contribution >= 0.6 is 0 Å². The topological polar surface area (TPSA) is 34.4 Å². The highest BCUT2D eigenvalue weighted by molar-refractivity contribution is 5.14. The van der Waals surface area contributed by atoms with Gasteiger partial charge in [0.15, 0.2) is 0 Å². The second-order valence-electron chi connectivity index (χ2n) is 5.55. The fourth-order valence-electron chi connectivity index (χ4n) is 2.10. The summed E-state index contributed by atoms with van der Waals surface area (Å²) in [6.45, 7) is 6.33. The van der Waals surface area contributed by atoms with E-state index in [4.69, 9.17) is 9.15 Å². The summed E-state index contributed by atoms with van der Waals surface area (Å²) in [6.07, 6.45) is 2.09. The van der Waals surface area contributed by atoms with E-state index in [1.807, 2.05) is 18.2 Å². The Bertz CT molecular complexity index is 505. The molecule has 3 heteroatoms. The van der Waals surface area contributed by atoms with Gasteiger partial charge >= 0.3 is 0 Å². The number of furan rings is 1. The summed E-state index contributed by atoms with van der Waals surface area (Å²) in [5, 5.41) is 3.34. The van der Waals surface area contributed by atoms with E-state index >= 15 is 0 Å². The standard InChI is InChI=1S/C18H25NO2/c1-15(2)19-13-17-10-11-18(21-17)14-20-12-6-9-16-7-4-3-5-8-16/h3-5,7-8,10-11,15,19H,6,9,12-14H2,1-2H3. The molecule has 2 aromatic rings. The van der Waals surface area contributed by atoms with E-state index in [9.17, 15) is 0 Å². The quantitative estimate of drug-likeness (QED) is 0.710. The summed E-state index contributed by atoms with van der Waals surface area (Å²) in [4.78, 5) is 0. The highest BCUT2D eigenvalue weighted by atomic mass is 16.5. The van der Waals surface area contributed by atoms with Crippen LogP contribution in [0, 0.1) is 0 Å². The third kappa shape index (κ3) is 6.15. The van der Waals surface area contributed by atoms with Gasteiger partial charge in [-0.2, -0.15) is 0 Å². The van der Waals surface area contributed by atoms with E-state index in [-0.39, 0.29) is 0 Å². The number of benzene rings is 1. The summed E-state index contributed by atoms with van der Waals surface area (Å²) in [6, 6.07) is 15.0. The third-order valence-electron chi connectivity index (χ3n) is 3.24. The monoisotopic (exact) mass is 287 g/mol. The average molecular weight is 287 g/mol. The molecule has 0 saturated heterocycles. The highest BCUT2D eigenvalue weighted by Crippen LogP contribution is 2.10. The van der Waals surface area contributed by atoms with E-state index < -0.39 is 0 Å². The largest absolute Gasteiger partial charge is 0.462 e. The maximum Gasteiger partial charge on any atom is 0.129 e. The summed E-state index contributed by atoms with van der Waals surface area (Å²) < 4.78 is 11.4. The Morgan fingerprint density at radius 1 is 1.05 bits per heavy atom. The van der Waals surface area contributed by atoms with Crippen molar-refractivity contribution in [3.05, 3.63) is 59.5 Å². The molecule has 0 aliphatic rings. The summed E-state index contributed by atoms with van der Waals surface area (Å²) in [7, 11) is 0. The fourth-order valence-corrected chi connectivity index (χ4v) is 2.10. The smallest absolute Gasteiger partial charge is 0.129 e. The second kappa shape index (κ2) is 8.65. The first kappa shape index (κ1) is 15.8. The zero-order valence-corrected chi connectivity index (χ0v) is 13.0. The number of nitrogens with one attached hydrogen (secondary N) is 1. The van der Waals surface area contributed by atoms with Gasteiger partial charge in [-0.1, -0.05) is 44.2 Å². The number of ether oxygens (including phenoxy) is 1. The van der Waals surface area contributed by atoms with Crippen molar-refractivity contribution in [1.29, 1.82) is 0 Å². The minimum atomic E-state index is 0.466. The van der Waals surface area contributed by atoms with Crippen molar-refractivity contribution in [3.63, 3.8) is 0 Å². The maximum atomic E-state index is 5.71. The van der Waals surface area contributed by atoms with Crippen LogP contribution in [0.3, 0.4) is 0 Å². The van der Waals surface area contributed by atoms with E-state index in [0.717, 1.165) is 37.5 Å². The summed E-state index contributed by atoms with van der Waals surface area (Å²) >= 11 is 0. The Labute approximate surface area is 127 Å². The third-order valence-corrected chi connectivity index (χ3v) is 3.24. The lowest BCUT2D eigenvalue weighted by molar-refractivity contribution is 0.103. The summed E-state index contributed by atoms with van der Waals surface area (Å²) in [5.74, 6) is 1.86. The lowest BCUT2D eigenvalue weighted by Gasteiger charge is -2.05. The van der Waals surface area contributed by atoms with Gasteiger partial charge in [-0.05, 0) is 30.5 Å². The summed E-state index contributed by atoms with van der Waals surface area (Å²) in [5.41, 5.74) is 1.36. The molecule has 1 N–H and O–H groups in total. The Morgan fingerprint density at radius 3 is 2.57 bits per heavy atom. The van der Waals surface area contributed by atoms with Gasteiger partial charge in [0, 0.05) is 12.6 Å². The van der Waals surface area contributed by atoms with Crippen molar-refractivity contribution >= 4 is 0 Å². The second-order valence-corrected chi connectivity index (χ2v) is 5.55. The molecule has 0 spiro atoms. The molecule has 3 nitrogen and oxygen atoms in total. The van der Waals surface area contributed by atoms with Crippen molar-refractivity contribution in [2.45, 2.75) is 45.9 Å². The molecule has 1 heterocycles. The van der Waals surface area contributed by atoms with Gasteiger partial charge in [0.2, 0.25) is 0 Å². The molecule has 0 radical (unpaired) electrons. The number of aryl methyl sites for hydroxylation is 1. The van der Waals surface area contributed by atoms with Crippen molar-refractivity contribution in [2.75, 3.05) is 6.61 Å². The predicted molar refractivity (Wildman–Crippen MR) is 85.1 cm³/mol. The van der Waals surface area contributed by atoms with Gasteiger partial charge < -0.3 is 14.5 Å². The van der Waals surface area contributed by atoms with Gasteiger partial charge in [0.25, 0.3) is 0 Å². The molecule has 0 bridgehead atoms. The molecule has 0 saturated carbocycles. The molecule has 0 fully saturated rings. The fraction of sp³-hybridized carbons (Fsp3) is 0.444. The number of rotatable bonds is 9. The first-order chi connectivity index (χ1) is 10.2. The molecule has 1 aromatic heterocycles. The zero-order valence-electron chi connectivity index (χ0n) is 13.0. The van der Waals surface area contributed by atoms with Crippen molar-refractivity contribution < 1.29 is 9.15 Å². The lowest BCUT2D eigenvalue weighted by Crippen LogP contribution is -2.21. The predicted octanol–water partition coefficient (Wildman–Crippen LogP) is 3.93. The van der Waals surface area contributed by atoms with Gasteiger partial charge in [-0.3, -0.25) is 0 Å². The van der Waals surface area contributed by atoms with Crippen LogP contribution in [0.2, 0.25) is 0 Å². The van der Waals surface area contributed by atoms with E-state index in [1.165, 1.54) is 5.56 Å². The van der Waals surface area contributed by atoms with E-state index in [2.05, 4.69) is 43.4 Å². The van der Waals surface area contributed by atoms with Crippen LogP contribution in [-0.4, -0.2) is 12.6 Å². The first-order valence-electron chi connectivity index (χ1n) is 7.66. The molecular weight excluding hydrogens is 262 g/mol. The Hall–Kier alpha value is -1.58. The van der Waals surface area contributed by atoms with Gasteiger partial charge in [0.1, 0.15) is 18.1 Å². The van der Waals surface area contributed by atoms with Crippen LogP contribution in [0.5, 0.6) is 0 Å². The Morgan fingerprint density at radius 2 is 1.81 bits per heavy atom. The van der Waals surface area contributed by atoms with Gasteiger partial charge in [-0.15, -0.1) is 0 Å². The molecule has 1 aromatic carbocycles. The molecule has 0 atom stereocenters. The lowest BCUT2D eigenvalue weighted by atomic mass is 10.1. The Balaban J connectivity index is 1.60. The van der Waals surface area contributed by atoms with E-state index in [0.29, 0.717) is 12.6 Å². The van der Waals surface area contributed by atoms with Crippen LogP contribution in [0.1, 0.15) is 37.4 Å². The molecular formula is C18H25NO2. The molecule has 0 unspecified atom stereocenters. The highest BCUT2D eigenvalue weighted by Gasteiger charge is 2.03. The molecule has 0 amide bonds. The molecule has 0 aliphatic carbocycles. The van der Waals surface area contributed by atoms with Crippen LogP contribution in [0.25, 0.3) is 0 Å². The Kier molecular flexibility index (Phi) is 6.51. The van der Waals surface area contributed by atoms with Crippen molar-refractivity contribution in [1.82, 2.24) is 5.32 Å². The van der Waals surface area contributed by atoms with E-state index in [1.54, 1.807) is 0 Å². The van der Waals surface area contributed by atoms with Crippen LogP contribution in [0.4, 0.5) is 0 Å². The van der Waals surface area contributed by atoms with Crippen LogP contribution in [-0.2, 0) is 24.3 Å².